The van der Waals surface area contributed by atoms with E-state index in [0.29, 0.717) is 5.69 Å². The van der Waals surface area contributed by atoms with E-state index >= 15 is 0 Å². The zero-order chi connectivity index (χ0) is 12.5. The standard InChI is InChI=1S/C12H10FN3O/c13-10-2-1-3-11(9(10)6-15)16-7-12(17,8-16)4-5-14/h1-3,17H,4,7-8H2. The summed E-state index contributed by atoms with van der Waals surface area (Å²) in [5.41, 5.74) is -0.588. The third kappa shape index (κ3) is 1.93. The molecule has 0 atom stereocenters. The summed E-state index contributed by atoms with van der Waals surface area (Å²) in [4.78, 5) is 1.69. The third-order valence-electron chi connectivity index (χ3n) is 2.82. The van der Waals surface area contributed by atoms with Gasteiger partial charge in [-0.05, 0) is 12.1 Å². The number of anilines is 1. The summed E-state index contributed by atoms with van der Waals surface area (Å²) in [6.07, 6.45) is 0.0424. The minimum atomic E-state index is -1.03. The molecule has 4 nitrogen and oxygen atoms in total. The van der Waals surface area contributed by atoms with Crippen LogP contribution in [0.1, 0.15) is 12.0 Å². The molecule has 1 N–H and O–H groups in total. The Morgan fingerprint density at radius 2 is 2.12 bits per heavy atom. The van der Waals surface area contributed by atoms with Crippen molar-refractivity contribution >= 4 is 5.69 Å². The molecule has 2 rings (SSSR count). The largest absolute Gasteiger partial charge is 0.385 e. The van der Waals surface area contributed by atoms with E-state index in [-0.39, 0.29) is 25.1 Å². The number of hydrogen-bond acceptors (Lipinski definition) is 4. The van der Waals surface area contributed by atoms with Gasteiger partial charge in [-0.25, -0.2) is 4.39 Å². The van der Waals surface area contributed by atoms with Crippen molar-refractivity contribution in [1.82, 2.24) is 0 Å². The second-order valence-electron chi connectivity index (χ2n) is 4.16. The van der Waals surface area contributed by atoms with Crippen molar-refractivity contribution < 1.29 is 9.50 Å². The molecule has 17 heavy (non-hydrogen) atoms. The van der Waals surface area contributed by atoms with Gasteiger partial charge in [-0.1, -0.05) is 6.07 Å². The number of halogens is 1. The van der Waals surface area contributed by atoms with E-state index in [4.69, 9.17) is 10.5 Å². The molecule has 0 bridgehead atoms. The second kappa shape index (κ2) is 4.04. The van der Waals surface area contributed by atoms with Crippen LogP contribution in [0.4, 0.5) is 10.1 Å². The van der Waals surface area contributed by atoms with Crippen molar-refractivity contribution in [2.45, 2.75) is 12.0 Å². The summed E-state index contributed by atoms with van der Waals surface area (Å²) in [6.45, 7) is 0.497. The van der Waals surface area contributed by atoms with Crippen LogP contribution in [-0.4, -0.2) is 23.8 Å². The number of nitrogens with zero attached hydrogens (tertiary/aromatic N) is 3. The van der Waals surface area contributed by atoms with Gasteiger partial charge in [-0.2, -0.15) is 10.5 Å². The van der Waals surface area contributed by atoms with Crippen LogP contribution in [0.3, 0.4) is 0 Å². The summed E-state index contributed by atoms with van der Waals surface area (Å²) in [5, 5.41) is 27.2. The Morgan fingerprint density at radius 1 is 1.41 bits per heavy atom. The highest BCUT2D eigenvalue weighted by Gasteiger charge is 2.42. The normalized spacial score (nSPS) is 16.8. The maximum absolute atomic E-state index is 13.3. The molecule has 0 aliphatic carbocycles. The van der Waals surface area contributed by atoms with E-state index in [1.54, 1.807) is 11.0 Å². The zero-order valence-electron chi connectivity index (χ0n) is 9.02. The number of β-amino-alcohol motifs (C(OH)–C–C–N with tert-alkyl or cyclic N) is 1. The number of nitriles is 2. The number of hydrogen-bond donors (Lipinski definition) is 1. The van der Waals surface area contributed by atoms with Gasteiger partial charge in [0.2, 0.25) is 0 Å². The molecule has 1 aliphatic rings. The fraction of sp³-hybridized carbons (Fsp3) is 0.333. The molecule has 0 saturated carbocycles. The lowest BCUT2D eigenvalue weighted by Crippen LogP contribution is -2.62. The molecule has 0 aromatic heterocycles. The van der Waals surface area contributed by atoms with Gasteiger partial charge in [-0.3, -0.25) is 0 Å². The SMILES string of the molecule is N#CCC1(O)CN(c2cccc(F)c2C#N)C1. The molecule has 0 amide bonds. The van der Waals surface area contributed by atoms with Crippen molar-refractivity contribution in [3.8, 4) is 12.1 Å². The highest BCUT2D eigenvalue weighted by Crippen LogP contribution is 2.32. The van der Waals surface area contributed by atoms with Crippen LogP contribution < -0.4 is 4.90 Å². The van der Waals surface area contributed by atoms with Gasteiger partial charge in [-0.15, -0.1) is 0 Å². The van der Waals surface area contributed by atoms with Gasteiger partial charge >= 0.3 is 0 Å². The Bertz CT molecular complexity index is 524. The molecule has 86 valence electrons. The van der Waals surface area contributed by atoms with E-state index in [9.17, 15) is 9.50 Å². The molecule has 1 aromatic carbocycles. The van der Waals surface area contributed by atoms with Crippen molar-refractivity contribution in [3.63, 3.8) is 0 Å². The molecular weight excluding hydrogens is 221 g/mol. The smallest absolute Gasteiger partial charge is 0.143 e. The maximum Gasteiger partial charge on any atom is 0.143 e. The summed E-state index contributed by atoms with van der Waals surface area (Å²) in [7, 11) is 0. The summed E-state index contributed by atoms with van der Waals surface area (Å²) >= 11 is 0. The lowest BCUT2D eigenvalue weighted by molar-refractivity contribution is 0.0166. The summed E-state index contributed by atoms with van der Waals surface area (Å²) in [6, 6.07) is 8.09. The molecular formula is C12H10FN3O. The lowest BCUT2D eigenvalue weighted by atomic mass is 9.90. The topological polar surface area (TPSA) is 71.0 Å². The van der Waals surface area contributed by atoms with Gasteiger partial charge in [0, 0.05) is 13.1 Å². The molecule has 0 radical (unpaired) electrons. The van der Waals surface area contributed by atoms with Gasteiger partial charge in [0.1, 0.15) is 23.1 Å². The molecule has 0 unspecified atom stereocenters. The van der Waals surface area contributed by atoms with E-state index < -0.39 is 11.4 Å². The third-order valence-corrected chi connectivity index (χ3v) is 2.82. The van der Waals surface area contributed by atoms with Crippen LogP contribution in [0.5, 0.6) is 0 Å². The first kappa shape index (κ1) is 11.4. The summed E-state index contributed by atoms with van der Waals surface area (Å²) in [5.74, 6) is -0.569. The Kier molecular flexibility index (Phi) is 2.71. The first-order valence-electron chi connectivity index (χ1n) is 5.12. The molecule has 5 heteroatoms. The maximum atomic E-state index is 13.3. The van der Waals surface area contributed by atoms with E-state index in [0.717, 1.165) is 0 Å². The number of rotatable bonds is 2. The molecule has 1 heterocycles. The quantitative estimate of drug-likeness (QED) is 0.829. The van der Waals surface area contributed by atoms with E-state index in [2.05, 4.69) is 0 Å². The zero-order valence-corrected chi connectivity index (χ0v) is 9.02. The van der Waals surface area contributed by atoms with E-state index in [1.165, 1.54) is 12.1 Å². The predicted molar refractivity (Wildman–Crippen MR) is 58.5 cm³/mol. The molecule has 1 saturated heterocycles. The number of benzene rings is 1. The lowest BCUT2D eigenvalue weighted by Gasteiger charge is -2.47. The minimum absolute atomic E-state index is 0.0218. The van der Waals surface area contributed by atoms with Gasteiger partial charge in [0.15, 0.2) is 0 Å². The predicted octanol–water partition coefficient (Wildman–Crippen LogP) is 1.16. The van der Waals surface area contributed by atoms with Crippen molar-refractivity contribution in [3.05, 3.63) is 29.6 Å². The minimum Gasteiger partial charge on any atom is -0.385 e. The molecule has 1 aromatic rings. The van der Waals surface area contributed by atoms with Gasteiger partial charge < -0.3 is 10.0 Å². The first-order valence-corrected chi connectivity index (χ1v) is 5.12. The first-order chi connectivity index (χ1) is 8.09. The van der Waals surface area contributed by atoms with Crippen molar-refractivity contribution in [1.29, 1.82) is 10.5 Å². The highest BCUT2D eigenvalue weighted by atomic mass is 19.1. The highest BCUT2D eigenvalue weighted by molar-refractivity contribution is 5.62. The Hall–Kier alpha value is -2.11. The molecule has 0 spiro atoms. The fourth-order valence-corrected chi connectivity index (χ4v) is 1.98. The summed E-state index contributed by atoms with van der Waals surface area (Å²) < 4.78 is 13.3. The van der Waals surface area contributed by atoms with Crippen LogP contribution in [-0.2, 0) is 0 Å². The van der Waals surface area contributed by atoms with Crippen LogP contribution in [0, 0.1) is 28.5 Å². The Labute approximate surface area is 98.1 Å². The second-order valence-corrected chi connectivity index (χ2v) is 4.16. The average molecular weight is 231 g/mol. The molecule has 1 fully saturated rings. The number of aliphatic hydroxyl groups is 1. The van der Waals surface area contributed by atoms with Crippen LogP contribution in [0.2, 0.25) is 0 Å². The van der Waals surface area contributed by atoms with Crippen molar-refractivity contribution in [2.24, 2.45) is 0 Å². The Balaban J connectivity index is 2.21. The Morgan fingerprint density at radius 3 is 2.71 bits per heavy atom. The van der Waals surface area contributed by atoms with Gasteiger partial charge in [0.05, 0.1) is 18.2 Å². The monoisotopic (exact) mass is 231 g/mol. The fourth-order valence-electron chi connectivity index (χ4n) is 1.98. The average Bonchev–Trinajstić information content (AvgIpc) is 2.25. The van der Waals surface area contributed by atoms with E-state index in [1.807, 2.05) is 12.1 Å². The van der Waals surface area contributed by atoms with Crippen LogP contribution in [0.15, 0.2) is 18.2 Å². The van der Waals surface area contributed by atoms with Crippen molar-refractivity contribution in [2.75, 3.05) is 18.0 Å². The van der Waals surface area contributed by atoms with Crippen LogP contribution in [0.25, 0.3) is 0 Å². The van der Waals surface area contributed by atoms with Crippen LogP contribution >= 0.6 is 0 Å². The molecule has 1 aliphatic heterocycles. The van der Waals surface area contributed by atoms with Gasteiger partial charge in [0.25, 0.3) is 0 Å².